The van der Waals surface area contributed by atoms with Crippen molar-refractivity contribution in [3.8, 4) is 0 Å². The number of ether oxygens (including phenoxy) is 1. The van der Waals surface area contributed by atoms with Crippen LogP contribution in [0, 0.1) is 12.8 Å². The van der Waals surface area contributed by atoms with Crippen molar-refractivity contribution in [2.45, 2.75) is 38.1 Å². The number of hydrogen-bond donors (Lipinski definition) is 2. The van der Waals surface area contributed by atoms with Gasteiger partial charge in [-0.15, -0.1) is 0 Å². The molecule has 0 amide bonds. The van der Waals surface area contributed by atoms with Crippen LogP contribution in [0.25, 0.3) is 0 Å². The number of benzene rings is 1. The number of esters is 1. The summed E-state index contributed by atoms with van der Waals surface area (Å²) in [5.41, 5.74) is 6.57. The number of sulfonamides is 1. The fourth-order valence-electron chi connectivity index (χ4n) is 1.98. The topological polar surface area (TPSA) is 98.5 Å². The summed E-state index contributed by atoms with van der Waals surface area (Å²) in [5.74, 6) is -0.465. The Bertz CT molecular complexity index is 611. The second-order valence-corrected chi connectivity index (χ2v) is 6.98. The molecule has 1 aromatic rings. The Balaban J connectivity index is 3.11. The number of rotatable bonds is 6. The predicted molar refractivity (Wildman–Crippen MR) is 81.2 cm³/mol. The summed E-state index contributed by atoms with van der Waals surface area (Å²) >= 11 is 0. The number of anilines is 1. The molecule has 1 atom stereocenters. The van der Waals surface area contributed by atoms with Crippen molar-refractivity contribution in [3.05, 3.63) is 23.8 Å². The van der Waals surface area contributed by atoms with Crippen molar-refractivity contribution in [2.75, 3.05) is 12.8 Å². The Kier molecular flexibility index (Phi) is 5.74. The number of hydrogen-bond acceptors (Lipinski definition) is 5. The molecule has 6 nitrogen and oxygen atoms in total. The number of carbonyl (C=O) groups excluding carboxylic acids is 1. The zero-order chi connectivity index (χ0) is 16.2. The van der Waals surface area contributed by atoms with Crippen LogP contribution in [-0.2, 0) is 19.6 Å². The molecule has 1 rings (SSSR count). The van der Waals surface area contributed by atoms with Crippen LogP contribution in [0.1, 0.15) is 25.8 Å². The third-order valence-electron chi connectivity index (χ3n) is 3.11. The number of nitrogen functional groups attached to an aromatic ring is 1. The highest BCUT2D eigenvalue weighted by atomic mass is 32.2. The molecule has 0 aliphatic heterocycles. The summed E-state index contributed by atoms with van der Waals surface area (Å²) in [7, 11) is -2.61. The monoisotopic (exact) mass is 314 g/mol. The van der Waals surface area contributed by atoms with Crippen molar-refractivity contribution in [2.24, 2.45) is 5.92 Å². The zero-order valence-electron chi connectivity index (χ0n) is 12.7. The number of carbonyl (C=O) groups is 1. The van der Waals surface area contributed by atoms with E-state index in [0.29, 0.717) is 17.7 Å². The van der Waals surface area contributed by atoms with Crippen LogP contribution < -0.4 is 10.5 Å². The lowest BCUT2D eigenvalue weighted by atomic mass is 10.1. The van der Waals surface area contributed by atoms with Gasteiger partial charge >= 0.3 is 5.97 Å². The second-order valence-electron chi connectivity index (χ2n) is 5.30. The van der Waals surface area contributed by atoms with E-state index in [4.69, 9.17) is 5.73 Å². The van der Waals surface area contributed by atoms with E-state index in [-0.39, 0.29) is 10.8 Å². The van der Waals surface area contributed by atoms with Gasteiger partial charge in [-0.1, -0.05) is 19.9 Å². The Morgan fingerprint density at radius 3 is 2.52 bits per heavy atom. The standard InChI is InChI=1S/C14H22N2O4S/c1-9(2)8-12(14(17)20-4)16-21(18,19)13-7-5-6-11(15)10(13)3/h5-7,9,12,16H,8,15H2,1-4H3. The van der Waals surface area contributed by atoms with E-state index in [2.05, 4.69) is 9.46 Å². The van der Waals surface area contributed by atoms with E-state index in [1.54, 1.807) is 19.1 Å². The van der Waals surface area contributed by atoms with Gasteiger partial charge in [0.15, 0.2) is 0 Å². The van der Waals surface area contributed by atoms with Crippen molar-refractivity contribution in [1.29, 1.82) is 0 Å². The van der Waals surface area contributed by atoms with E-state index in [9.17, 15) is 13.2 Å². The first kappa shape index (κ1) is 17.5. The van der Waals surface area contributed by atoms with Crippen LogP contribution in [0.4, 0.5) is 5.69 Å². The predicted octanol–water partition coefficient (Wildman–Crippen LogP) is 1.44. The average molecular weight is 314 g/mol. The molecule has 1 unspecified atom stereocenters. The van der Waals surface area contributed by atoms with Gasteiger partial charge in [0.05, 0.1) is 12.0 Å². The summed E-state index contributed by atoms with van der Waals surface area (Å²) in [6.45, 7) is 5.42. The lowest BCUT2D eigenvalue weighted by Gasteiger charge is -2.19. The summed E-state index contributed by atoms with van der Waals surface area (Å²) in [5, 5.41) is 0. The lowest BCUT2D eigenvalue weighted by molar-refractivity contribution is -0.143. The normalized spacial score (nSPS) is 13.2. The molecule has 0 aliphatic carbocycles. The lowest BCUT2D eigenvalue weighted by Crippen LogP contribution is -2.42. The molecule has 118 valence electrons. The third kappa shape index (κ3) is 4.44. The van der Waals surface area contributed by atoms with Gasteiger partial charge in [0.25, 0.3) is 0 Å². The highest BCUT2D eigenvalue weighted by Crippen LogP contribution is 2.21. The van der Waals surface area contributed by atoms with Gasteiger partial charge in [0.2, 0.25) is 10.0 Å². The van der Waals surface area contributed by atoms with Crippen LogP contribution in [0.3, 0.4) is 0 Å². The van der Waals surface area contributed by atoms with E-state index < -0.39 is 22.0 Å². The molecule has 0 aliphatic rings. The Hall–Kier alpha value is -1.60. The van der Waals surface area contributed by atoms with E-state index in [0.717, 1.165) is 0 Å². The first-order chi connectivity index (χ1) is 9.69. The largest absolute Gasteiger partial charge is 0.468 e. The molecule has 7 heteroatoms. The molecule has 0 radical (unpaired) electrons. The number of methoxy groups -OCH3 is 1. The highest BCUT2D eigenvalue weighted by molar-refractivity contribution is 7.89. The number of nitrogens with one attached hydrogen (secondary N) is 1. The Labute approximate surface area is 125 Å². The van der Waals surface area contributed by atoms with Crippen LogP contribution in [0.15, 0.2) is 23.1 Å². The maximum absolute atomic E-state index is 12.4. The van der Waals surface area contributed by atoms with Crippen LogP contribution in [0.5, 0.6) is 0 Å². The quantitative estimate of drug-likeness (QED) is 0.611. The molecule has 0 aromatic heterocycles. The molecule has 0 spiro atoms. The van der Waals surface area contributed by atoms with Crippen LogP contribution in [-0.4, -0.2) is 27.5 Å². The molecular formula is C14H22N2O4S. The Morgan fingerprint density at radius 2 is 2.00 bits per heavy atom. The first-order valence-electron chi connectivity index (χ1n) is 6.64. The fourth-order valence-corrected chi connectivity index (χ4v) is 3.45. The molecule has 0 saturated carbocycles. The summed E-state index contributed by atoms with van der Waals surface area (Å²) < 4.78 is 31.9. The van der Waals surface area contributed by atoms with Crippen LogP contribution in [0.2, 0.25) is 0 Å². The minimum absolute atomic E-state index is 0.0696. The summed E-state index contributed by atoms with van der Waals surface area (Å²) in [6, 6.07) is 3.73. The minimum Gasteiger partial charge on any atom is -0.468 e. The third-order valence-corrected chi connectivity index (χ3v) is 4.72. The van der Waals surface area contributed by atoms with Gasteiger partial charge in [0, 0.05) is 5.69 Å². The summed E-state index contributed by atoms with van der Waals surface area (Å²) in [6.07, 6.45) is 0.354. The van der Waals surface area contributed by atoms with Gasteiger partial charge in [-0.25, -0.2) is 8.42 Å². The van der Waals surface area contributed by atoms with Gasteiger partial charge in [-0.2, -0.15) is 4.72 Å². The molecule has 0 bridgehead atoms. The smallest absolute Gasteiger partial charge is 0.323 e. The molecule has 0 saturated heterocycles. The molecule has 1 aromatic carbocycles. The fraction of sp³-hybridized carbons (Fsp3) is 0.500. The van der Waals surface area contributed by atoms with Crippen molar-refractivity contribution in [3.63, 3.8) is 0 Å². The minimum atomic E-state index is -3.84. The highest BCUT2D eigenvalue weighted by Gasteiger charge is 2.28. The average Bonchev–Trinajstić information content (AvgIpc) is 2.39. The van der Waals surface area contributed by atoms with E-state index in [1.807, 2.05) is 13.8 Å². The molecular weight excluding hydrogens is 292 g/mol. The maximum atomic E-state index is 12.4. The van der Waals surface area contributed by atoms with Gasteiger partial charge in [-0.05, 0) is 37.0 Å². The van der Waals surface area contributed by atoms with Crippen molar-refractivity contribution in [1.82, 2.24) is 4.72 Å². The first-order valence-corrected chi connectivity index (χ1v) is 8.12. The van der Waals surface area contributed by atoms with E-state index >= 15 is 0 Å². The van der Waals surface area contributed by atoms with E-state index in [1.165, 1.54) is 13.2 Å². The second kappa shape index (κ2) is 6.91. The molecule has 0 fully saturated rings. The van der Waals surface area contributed by atoms with Crippen LogP contribution >= 0.6 is 0 Å². The maximum Gasteiger partial charge on any atom is 0.323 e. The zero-order valence-corrected chi connectivity index (χ0v) is 13.5. The van der Waals surface area contributed by atoms with Gasteiger partial charge < -0.3 is 10.5 Å². The molecule has 21 heavy (non-hydrogen) atoms. The molecule has 3 N–H and O–H groups in total. The van der Waals surface area contributed by atoms with Crippen molar-refractivity contribution < 1.29 is 17.9 Å². The van der Waals surface area contributed by atoms with Gasteiger partial charge in [-0.3, -0.25) is 4.79 Å². The number of nitrogens with two attached hydrogens (primary N) is 1. The van der Waals surface area contributed by atoms with Crippen molar-refractivity contribution >= 4 is 21.7 Å². The Morgan fingerprint density at radius 1 is 1.38 bits per heavy atom. The molecule has 0 heterocycles. The SMILES string of the molecule is COC(=O)C(CC(C)C)NS(=O)(=O)c1cccc(N)c1C. The summed E-state index contributed by atoms with van der Waals surface area (Å²) in [4.78, 5) is 11.8. The van der Waals surface area contributed by atoms with Gasteiger partial charge in [0.1, 0.15) is 6.04 Å².